The van der Waals surface area contributed by atoms with Crippen LogP contribution in [-0.4, -0.2) is 33.7 Å². The second-order valence-corrected chi connectivity index (χ2v) is 3.65. The molecule has 1 aromatic rings. The normalized spacial score (nSPS) is 10.6. The zero-order valence-corrected chi connectivity index (χ0v) is 10.7. The molecule has 0 aromatic heterocycles. The summed E-state index contributed by atoms with van der Waals surface area (Å²) in [4.78, 5) is 0. The molecule has 0 atom stereocenters. The average Bonchev–Trinajstić information content (AvgIpc) is 2.39. The van der Waals surface area contributed by atoms with E-state index >= 15 is 0 Å². The van der Waals surface area contributed by atoms with Gasteiger partial charge in [-0.25, -0.2) is 0 Å². The Hall–Kier alpha value is -1.26. The first-order chi connectivity index (χ1) is 8.30. The summed E-state index contributed by atoms with van der Waals surface area (Å²) in [7, 11) is 3.25. The van der Waals surface area contributed by atoms with Gasteiger partial charge in [0.25, 0.3) is 0 Å². The second-order valence-electron chi connectivity index (χ2n) is 3.65. The minimum atomic E-state index is -0.231. The van der Waals surface area contributed by atoms with Gasteiger partial charge >= 0.3 is 0 Å². The Morgan fingerprint density at radius 3 is 2.29 bits per heavy atom. The Balaban J connectivity index is 2.39. The molecule has 0 spiro atoms. The van der Waals surface area contributed by atoms with Crippen molar-refractivity contribution in [2.75, 3.05) is 32.7 Å². The van der Waals surface area contributed by atoms with Crippen molar-refractivity contribution < 1.29 is 14.2 Å². The SMILES string of the molecule is CCCOc1ccc(NCC(OC)OC)cc1. The predicted molar refractivity (Wildman–Crippen MR) is 68.5 cm³/mol. The highest BCUT2D eigenvalue weighted by molar-refractivity contribution is 5.46. The van der Waals surface area contributed by atoms with Gasteiger partial charge in [-0.2, -0.15) is 0 Å². The van der Waals surface area contributed by atoms with Crippen molar-refractivity contribution in [1.29, 1.82) is 0 Å². The van der Waals surface area contributed by atoms with Crippen LogP contribution >= 0.6 is 0 Å². The molecule has 0 aliphatic carbocycles. The van der Waals surface area contributed by atoms with E-state index in [9.17, 15) is 0 Å². The molecule has 96 valence electrons. The Kier molecular flexibility index (Phi) is 6.43. The van der Waals surface area contributed by atoms with Crippen molar-refractivity contribution >= 4 is 5.69 Å². The molecule has 0 saturated carbocycles. The monoisotopic (exact) mass is 239 g/mol. The number of hydrogen-bond acceptors (Lipinski definition) is 4. The maximum atomic E-state index is 5.50. The molecule has 17 heavy (non-hydrogen) atoms. The minimum absolute atomic E-state index is 0.231. The van der Waals surface area contributed by atoms with Crippen LogP contribution in [0.1, 0.15) is 13.3 Å². The smallest absolute Gasteiger partial charge is 0.173 e. The molecular formula is C13H21NO3. The van der Waals surface area contributed by atoms with Gasteiger partial charge in [0, 0.05) is 19.9 Å². The third-order valence-corrected chi connectivity index (χ3v) is 2.33. The zero-order valence-electron chi connectivity index (χ0n) is 10.7. The van der Waals surface area contributed by atoms with Crippen LogP contribution in [0.3, 0.4) is 0 Å². The van der Waals surface area contributed by atoms with E-state index in [1.54, 1.807) is 14.2 Å². The van der Waals surface area contributed by atoms with E-state index in [1.165, 1.54) is 0 Å². The van der Waals surface area contributed by atoms with Crippen molar-refractivity contribution in [3.05, 3.63) is 24.3 Å². The number of nitrogens with one attached hydrogen (secondary N) is 1. The lowest BCUT2D eigenvalue weighted by Crippen LogP contribution is -2.23. The summed E-state index contributed by atoms with van der Waals surface area (Å²) in [6.45, 7) is 3.45. The summed E-state index contributed by atoms with van der Waals surface area (Å²) in [6.07, 6.45) is 0.787. The molecule has 0 bridgehead atoms. The molecular weight excluding hydrogens is 218 g/mol. The highest BCUT2D eigenvalue weighted by Crippen LogP contribution is 2.15. The van der Waals surface area contributed by atoms with Gasteiger partial charge in [-0.15, -0.1) is 0 Å². The lowest BCUT2D eigenvalue weighted by atomic mass is 10.3. The van der Waals surface area contributed by atoms with Crippen LogP contribution in [0.5, 0.6) is 5.75 Å². The fourth-order valence-corrected chi connectivity index (χ4v) is 1.35. The van der Waals surface area contributed by atoms with Crippen LogP contribution < -0.4 is 10.1 Å². The van der Waals surface area contributed by atoms with Crippen molar-refractivity contribution in [1.82, 2.24) is 0 Å². The van der Waals surface area contributed by atoms with E-state index in [0.29, 0.717) is 6.54 Å². The Morgan fingerprint density at radius 2 is 1.76 bits per heavy atom. The molecule has 4 nitrogen and oxygen atoms in total. The molecule has 0 unspecified atom stereocenters. The lowest BCUT2D eigenvalue weighted by molar-refractivity contribution is -0.0914. The first kappa shape index (κ1) is 13.8. The molecule has 1 N–H and O–H groups in total. The Labute approximate surface area is 103 Å². The van der Waals surface area contributed by atoms with Gasteiger partial charge in [-0.3, -0.25) is 0 Å². The van der Waals surface area contributed by atoms with Crippen molar-refractivity contribution in [2.24, 2.45) is 0 Å². The number of anilines is 1. The first-order valence-corrected chi connectivity index (χ1v) is 5.82. The number of rotatable bonds is 8. The van der Waals surface area contributed by atoms with Crippen LogP contribution in [0.25, 0.3) is 0 Å². The maximum absolute atomic E-state index is 5.50. The average molecular weight is 239 g/mol. The molecule has 0 heterocycles. The molecule has 0 amide bonds. The van der Waals surface area contributed by atoms with Crippen LogP contribution in [0.2, 0.25) is 0 Å². The Morgan fingerprint density at radius 1 is 1.12 bits per heavy atom. The van der Waals surface area contributed by atoms with Crippen molar-refractivity contribution in [2.45, 2.75) is 19.6 Å². The minimum Gasteiger partial charge on any atom is -0.494 e. The summed E-state index contributed by atoms with van der Waals surface area (Å²) >= 11 is 0. The third kappa shape index (κ3) is 5.06. The summed E-state index contributed by atoms with van der Waals surface area (Å²) in [5, 5.41) is 3.22. The molecule has 1 aromatic carbocycles. The summed E-state index contributed by atoms with van der Waals surface area (Å²) in [5.74, 6) is 0.896. The summed E-state index contributed by atoms with van der Waals surface area (Å²) in [6, 6.07) is 7.86. The van der Waals surface area contributed by atoms with Gasteiger partial charge in [0.2, 0.25) is 0 Å². The van der Waals surface area contributed by atoms with Gasteiger partial charge in [0.1, 0.15) is 5.75 Å². The van der Waals surface area contributed by atoms with Crippen LogP contribution in [0.15, 0.2) is 24.3 Å². The van der Waals surface area contributed by atoms with Crippen LogP contribution in [0.4, 0.5) is 5.69 Å². The van der Waals surface area contributed by atoms with Crippen LogP contribution in [0, 0.1) is 0 Å². The topological polar surface area (TPSA) is 39.7 Å². The van der Waals surface area contributed by atoms with Gasteiger partial charge in [0.05, 0.1) is 13.2 Å². The quantitative estimate of drug-likeness (QED) is 0.708. The molecule has 0 fully saturated rings. The number of ether oxygens (including phenoxy) is 3. The van der Waals surface area contributed by atoms with Gasteiger partial charge in [-0.1, -0.05) is 6.92 Å². The standard InChI is InChI=1S/C13H21NO3/c1-4-9-17-12-7-5-11(6-8-12)14-10-13(15-2)16-3/h5-8,13-14H,4,9-10H2,1-3H3. The van der Waals surface area contributed by atoms with Gasteiger partial charge in [0.15, 0.2) is 6.29 Å². The molecule has 0 aliphatic rings. The van der Waals surface area contributed by atoms with E-state index in [1.807, 2.05) is 24.3 Å². The third-order valence-electron chi connectivity index (χ3n) is 2.33. The summed E-state index contributed by atoms with van der Waals surface area (Å²) in [5.41, 5.74) is 1.02. The fraction of sp³-hybridized carbons (Fsp3) is 0.538. The van der Waals surface area contributed by atoms with E-state index in [0.717, 1.165) is 24.5 Å². The molecule has 1 rings (SSSR count). The van der Waals surface area contributed by atoms with E-state index in [-0.39, 0.29) is 6.29 Å². The van der Waals surface area contributed by atoms with Crippen molar-refractivity contribution in [3.63, 3.8) is 0 Å². The molecule has 0 saturated heterocycles. The zero-order chi connectivity index (χ0) is 12.5. The van der Waals surface area contributed by atoms with E-state index in [2.05, 4.69) is 12.2 Å². The fourth-order valence-electron chi connectivity index (χ4n) is 1.35. The highest BCUT2D eigenvalue weighted by Gasteiger charge is 2.03. The lowest BCUT2D eigenvalue weighted by Gasteiger charge is -2.15. The second kappa shape index (κ2) is 7.92. The number of benzene rings is 1. The van der Waals surface area contributed by atoms with E-state index < -0.39 is 0 Å². The first-order valence-electron chi connectivity index (χ1n) is 5.82. The summed E-state index contributed by atoms with van der Waals surface area (Å²) < 4.78 is 15.7. The largest absolute Gasteiger partial charge is 0.494 e. The molecule has 0 aliphatic heterocycles. The van der Waals surface area contributed by atoms with Crippen LogP contribution in [-0.2, 0) is 9.47 Å². The predicted octanol–water partition coefficient (Wildman–Crippen LogP) is 2.51. The van der Waals surface area contributed by atoms with E-state index in [4.69, 9.17) is 14.2 Å². The Bertz CT molecular complexity index is 296. The van der Waals surface area contributed by atoms with Gasteiger partial charge in [-0.05, 0) is 30.7 Å². The highest BCUT2D eigenvalue weighted by atomic mass is 16.7. The maximum Gasteiger partial charge on any atom is 0.173 e. The number of hydrogen-bond donors (Lipinski definition) is 1. The molecule has 0 radical (unpaired) electrons. The van der Waals surface area contributed by atoms with Gasteiger partial charge < -0.3 is 19.5 Å². The number of methoxy groups -OCH3 is 2. The van der Waals surface area contributed by atoms with Crippen molar-refractivity contribution in [3.8, 4) is 5.75 Å². The molecule has 4 heteroatoms.